The average Bonchev–Trinajstić information content (AvgIpc) is 2.73. The van der Waals surface area contributed by atoms with Gasteiger partial charge in [0.05, 0.1) is 20.1 Å². The zero-order valence-corrected chi connectivity index (χ0v) is 9.89. The predicted octanol–water partition coefficient (Wildman–Crippen LogP) is 0.627. The summed E-state index contributed by atoms with van der Waals surface area (Å²) in [6, 6.07) is 0. The van der Waals surface area contributed by atoms with Crippen LogP contribution in [0, 0.1) is 0 Å². The quantitative estimate of drug-likeness (QED) is 0.664. The van der Waals surface area contributed by atoms with Crippen LogP contribution in [0.1, 0.15) is 25.1 Å². The first kappa shape index (κ1) is 12.6. The Balaban J connectivity index is 2.33. The van der Waals surface area contributed by atoms with E-state index in [4.69, 9.17) is 4.52 Å². The first-order valence-electron chi connectivity index (χ1n) is 5.22. The minimum atomic E-state index is -0.214. The van der Waals surface area contributed by atoms with Crippen LogP contribution in [0.4, 0.5) is 0 Å². The van der Waals surface area contributed by atoms with Crippen LogP contribution in [-0.4, -0.2) is 41.7 Å². The molecule has 0 saturated carbocycles. The lowest BCUT2D eigenvalue weighted by Gasteiger charge is -2.12. The van der Waals surface area contributed by atoms with E-state index in [0.29, 0.717) is 31.2 Å². The maximum Gasteiger partial charge on any atom is 0.306 e. The summed E-state index contributed by atoms with van der Waals surface area (Å²) in [5, 5.41) is 3.83. The highest BCUT2D eigenvalue weighted by Crippen LogP contribution is 2.01. The highest BCUT2D eigenvalue weighted by molar-refractivity contribution is 5.69. The van der Waals surface area contributed by atoms with Crippen LogP contribution >= 0.6 is 0 Å². The fraction of sp³-hybridized carbons (Fsp3) is 0.700. The van der Waals surface area contributed by atoms with Gasteiger partial charge in [-0.2, -0.15) is 4.98 Å². The summed E-state index contributed by atoms with van der Waals surface area (Å²) < 4.78 is 9.54. The molecule has 0 fully saturated rings. The van der Waals surface area contributed by atoms with Gasteiger partial charge in [-0.1, -0.05) is 12.1 Å². The van der Waals surface area contributed by atoms with E-state index in [0.717, 1.165) is 6.42 Å². The van der Waals surface area contributed by atoms with E-state index in [9.17, 15) is 4.79 Å². The molecule has 0 aliphatic rings. The second kappa shape index (κ2) is 6.22. The standard InChI is InChI=1S/C10H17N3O3/c1-4-9-11-8(12-16-9)7-13(2)6-5-10(14)15-3/h4-7H2,1-3H3. The molecule has 1 aromatic rings. The molecule has 0 radical (unpaired) electrons. The minimum Gasteiger partial charge on any atom is -0.469 e. The van der Waals surface area contributed by atoms with Gasteiger partial charge in [-0.15, -0.1) is 0 Å². The van der Waals surface area contributed by atoms with Gasteiger partial charge >= 0.3 is 5.97 Å². The fourth-order valence-corrected chi connectivity index (χ4v) is 1.20. The number of aromatic nitrogens is 2. The van der Waals surface area contributed by atoms with Crippen LogP contribution < -0.4 is 0 Å². The van der Waals surface area contributed by atoms with Crippen molar-refractivity contribution in [3.8, 4) is 0 Å². The number of rotatable bonds is 6. The third-order valence-corrected chi connectivity index (χ3v) is 2.15. The van der Waals surface area contributed by atoms with Crippen molar-refractivity contribution < 1.29 is 14.1 Å². The molecule has 0 aliphatic carbocycles. The maximum atomic E-state index is 10.9. The first-order chi connectivity index (χ1) is 7.65. The van der Waals surface area contributed by atoms with E-state index < -0.39 is 0 Å². The summed E-state index contributed by atoms with van der Waals surface area (Å²) in [6.07, 6.45) is 1.10. The van der Waals surface area contributed by atoms with Crippen LogP contribution in [-0.2, 0) is 22.5 Å². The zero-order chi connectivity index (χ0) is 12.0. The second-order valence-electron chi connectivity index (χ2n) is 3.52. The Bertz CT molecular complexity index is 338. The Morgan fingerprint density at radius 3 is 2.88 bits per heavy atom. The van der Waals surface area contributed by atoms with Crippen molar-refractivity contribution in [2.75, 3.05) is 20.7 Å². The van der Waals surface area contributed by atoms with E-state index in [2.05, 4.69) is 14.9 Å². The smallest absolute Gasteiger partial charge is 0.306 e. The van der Waals surface area contributed by atoms with Crippen molar-refractivity contribution in [2.45, 2.75) is 26.3 Å². The number of carbonyl (C=O) groups is 1. The fourth-order valence-electron chi connectivity index (χ4n) is 1.20. The van der Waals surface area contributed by atoms with Gasteiger partial charge in [0, 0.05) is 13.0 Å². The number of hydrogen-bond acceptors (Lipinski definition) is 6. The molecule has 0 saturated heterocycles. The van der Waals surface area contributed by atoms with Crippen molar-refractivity contribution in [2.24, 2.45) is 0 Å². The number of nitrogens with zero attached hydrogens (tertiary/aromatic N) is 3. The molecule has 1 rings (SSSR count). The Morgan fingerprint density at radius 1 is 1.56 bits per heavy atom. The highest BCUT2D eigenvalue weighted by Gasteiger charge is 2.09. The number of aryl methyl sites for hydroxylation is 1. The molecule has 0 N–H and O–H groups in total. The van der Waals surface area contributed by atoms with Gasteiger partial charge in [0.2, 0.25) is 5.89 Å². The van der Waals surface area contributed by atoms with E-state index >= 15 is 0 Å². The Morgan fingerprint density at radius 2 is 2.31 bits per heavy atom. The van der Waals surface area contributed by atoms with Crippen LogP contribution in [0.3, 0.4) is 0 Å². The molecule has 0 bridgehead atoms. The topological polar surface area (TPSA) is 68.5 Å². The molecule has 0 amide bonds. The van der Waals surface area contributed by atoms with Crippen molar-refractivity contribution in [1.29, 1.82) is 0 Å². The van der Waals surface area contributed by atoms with E-state index in [1.165, 1.54) is 7.11 Å². The molecule has 6 heteroatoms. The predicted molar refractivity (Wildman–Crippen MR) is 56.6 cm³/mol. The van der Waals surface area contributed by atoms with E-state index in [-0.39, 0.29) is 5.97 Å². The Kier molecular flexibility index (Phi) is 4.91. The molecule has 0 unspecified atom stereocenters. The number of methoxy groups -OCH3 is 1. The number of ether oxygens (including phenoxy) is 1. The Labute approximate surface area is 94.6 Å². The van der Waals surface area contributed by atoms with Crippen LogP contribution in [0.25, 0.3) is 0 Å². The molecule has 90 valence electrons. The Hall–Kier alpha value is -1.43. The highest BCUT2D eigenvalue weighted by atomic mass is 16.5. The second-order valence-corrected chi connectivity index (χ2v) is 3.52. The van der Waals surface area contributed by atoms with Gasteiger partial charge in [-0.3, -0.25) is 9.69 Å². The molecular weight excluding hydrogens is 210 g/mol. The molecule has 1 aromatic heterocycles. The molecule has 1 heterocycles. The number of carbonyl (C=O) groups excluding carboxylic acids is 1. The lowest BCUT2D eigenvalue weighted by Crippen LogP contribution is -2.22. The van der Waals surface area contributed by atoms with E-state index in [1.807, 2.05) is 18.9 Å². The third-order valence-electron chi connectivity index (χ3n) is 2.15. The van der Waals surface area contributed by atoms with Gasteiger partial charge in [0.1, 0.15) is 0 Å². The van der Waals surface area contributed by atoms with Crippen molar-refractivity contribution in [1.82, 2.24) is 15.0 Å². The van der Waals surface area contributed by atoms with E-state index in [1.54, 1.807) is 0 Å². The van der Waals surface area contributed by atoms with Crippen LogP contribution in [0.15, 0.2) is 4.52 Å². The summed E-state index contributed by atoms with van der Waals surface area (Å²) in [6.45, 7) is 3.14. The molecule has 6 nitrogen and oxygen atoms in total. The SMILES string of the molecule is CCc1nc(CN(C)CCC(=O)OC)no1. The molecule has 0 spiro atoms. The summed E-state index contributed by atoms with van der Waals surface area (Å²) >= 11 is 0. The van der Waals surface area contributed by atoms with Crippen molar-refractivity contribution in [3.05, 3.63) is 11.7 Å². The summed E-state index contributed by atoms with van der Waals surface area (Å²) in [5.41, 5.74) is 0. The number of esters is 1. The molecular formula is C10H17N3O3. The molecule has 0 aliphatic heterocycles. The maximum absolute atomic E-state index is 10.9. The summed E-state index contributed by atoms with van der Waals surface area (Å²) in [4.78, 5) is 17.0. The molecule has 16 heavy (non-hydrogen) atoms. The number of hydrogen-bond donors (Lipinski definition) is 0. The molecule has 0 aromatic carbocycles. The van der Waals surface area contributed by atoms with Crippen molar-refractivity contribution in [3.63, 3.8) is 0 Å². The first-order valence-corrected chi connectivity index (χ1v) is 5.22. The van der Waals surface area contributed by atoms with Crippen LogP contribution in [0.5, 0.6) is 0 Å². The van der Waals surface area contributed by atoms with Gasteiger partial charge in [-0.05, 0) is 7.05 Å². The molecule has 0 atom stereocenters. The largest absolute Gasteiger partial charge is 0.469 e. The van der Waals surface area contributed by atoms with Gasteiger partial charge in [0.25, 0.3) is 0 Å². The lowest BCUT2D eigenvalue weighted by molar-refractivity contribution is -0.140. The normalized spacial score (nSPS) is 10.8. The minimum absolute atomic E-state index is 0.214. The third kappa shape index (κ3) is 3.98. The van der Waals surface area contributed by atoms with Gasteiger partial charge in [-0.25, -0.2) is 0 Å². The summed E-state index contributed by atoms with van der Waals surface area (Å²) in [7, 11) is 3.28. The lowest BCUT2D eigenvalue weighted by atomic mass is 10.4. The monoisotopic (exact) mass is 227 g/mol. The zero-order valence-electron chi connectivity index (χ0n) is 9.89. The van der Waals surface area contributed by atoms with Gasteiger partial charge < -0.3 is 9.26 Å². The average molecular weight is 227 g/mol. The van der Waals surface area contributed by atoms with Crippen molar-refractivity contribution >= 4 is 5.97 Å². The van der Waals surface area contributed by atoms with Gasteiger partial charge in [0.15, 0.2) is 5.82 Å². The van der Waals surface area contributed by atoms with Crippen LogP contribution in [0.2, 0.25) is 0 Å². The summed E-state index contributed by atoms with van der Waals surface area (Å²) in [5.74, 6) is 1.06.